The minimum atomic E-state index is -4.48. The molecule has 30 heavy (non-hydrogen) atoms. The van der Waals surface area contributed by atoms with Gasteiger partial charge >= 0.3 is 6.18 Å². The van der Waals surface area contributed by atoms with Crippen LogP contribution < -0.4 is 21.7 Å². The topological polar surface area (TPSA) is 75.2 Å². The Hall–Kier alpha value is -3.82. The van der Waals surface area contributed by atoms with E-state index >= 15 is 0 Å². The van der Waals surface area contributed by atoms with Gasteiger partial charge in [0.2, 0.25) is 0 Å². The fourth-order valence-corrected chi connectivity index (χ4v) is 2.57. The number of aromatic nitrogens is 1. The molecule has 0 aliphatic rings. The van der Waals surface area contributed by atoms with E-state index in [-0.39, 0.29) is 16.9 Å². The molecule has 156 valence electrons. The average molecular weight is 420 g/mol. The second-order valence-corrected chi connectivity index (χ2v) is 6.34. The van der Waals surface area contributed by atoms with Crippen molar-refractivity contribution >= 4 is 23.0 Å². The number of nitrogens with zero attached hydrogens (tertiary/aromatic N) is 1. The number of amides is 1. The van der Waals surface area contributed by atoms with Gasteiger partial charge in [0.25, 0.3) is 11.5 Å². The Morgan fingerprint density at radius 1 is 1.00 bits per heavy atom. The zero-order valence-electron chi connectivity index (χ0n) is 15.5. The maximum absolute atomic E-state index is 13.2. The van der Waals surface area contributed by atoms with E-state index in [0.717, 1.165) is 18.2 Å². The first-order valence-corrected chi connectivity index (χ1v) is 8.60. The number of benzene rings is 2. The van der Waals surface area contributed by atoms with Gasteiger partial charge in [-0.2, -0.15) is 13.2 Å². The van der Waals surface area contributed by atoms with Crippen molar-refractivity contribution in [2.45, 2.75) is 6.18 Å². The highest BCUT2D eigenvalue weighted by molar-refractivity contribution is 6.00. The number of aryl methyl sites for hydroxylation is 1. The SMILES string of the molecule is Cn1cc(C(=O)NNc2cccc(F)c2)c(Nc2ccc(C(F)(F)F)cc2)cc1=O. The molecule has 3 aromatic rings. The largest absolute Gasteiger partial charge is 0.416 e. The highest BCUT2D eigenvalue weighted by atomic mass is 19.4. The van der Waals surface area contributed by atoms with E-state index in [1.807, 2.05) is 0 Å². The molecule has 0 spiro atoms. The Bertz CT molecular complexity index is 1120. The van der Waals surface area contributed by atoms with Crippen molar-refractivity contribution in [3.63, 3.8) is 0 Å². The quantitative estimate of drug-likeness (QED) is 0.430. The van der Waals surface area contributed by atoms with Gasteiger partial charge in [-0.1, -0.05) is 6.07 Å². The molecule has 0 bridgehead atoms. The van der Waals surface area contributed by atoms with Crippen molar-refractivity contribution in [1.29, 1.82) is 0 Å². The van der Waals surface area contributed by atoms with Gasteiger partial charge in [0.15, 0.2) is 0 Å². The highest BCUT2D eigenvalue weighted by Crippen LogP contribution is 2.30. The summed E-state index contributed by atoms with van der Waals surface area (Å²) in [4.78, 5) is 24.6. The van der Waals surface area contributed by atoms with Gasteiger partial charge in [0, 0.05) is 25.0 Å². The number of alkyl halides is 3. The van der Waals surface area contributed by atoms with Crippen LogP contribution in [0.1, 0.15) is 15.9 Å². The van der Waals surface area contributed by atoms with Crippen molar-refractivity contribution in [2.75, 3.05) is 10.7 Å². The van der Waals surface area contributed by atoms with Gasteiger partial charge in [-0.25, -0.2) is 4.39 Å². The number of carbonyl (C=O) groups excluding carboxylic acids is 1. The number of anilines is 3. The Kier molecular flexibility index (Phi) is 5.77. The van der Waals surface area contributed by atoms with Gasteiger partial charge in [-0.15, -0.1) is 0 Å². The van der Waals surface area contributed by atoms with Crippen molar-refractivity contribution in [2.24, 2.45) is 7.05 Å². The first kappa shape index (κ1) is 20.9. The third-order valence-electron chi connectivity index (χ3n) is 4.11. The third kappa shape index (κ3) is 4.96. The summed E-state index contributed by atoms with van der Waals surface area (Å²) in [6.07, 6.45) is -3.20. The lowest BCUT2D eigenvalue weighted by atomic mass is 10.1. The van der Waals surface area contributed by atoms with Gasteiger partial charge in [-0.05, 0) is 42.5 Å². The molecule has 3 N–H and O–H groups in total. The molecule has 0 unspecified atom stereocenters. The van der Waals surface area contributed by atoms with E-state index in [9.17, 15) is 27.2 Å². The van der Waals surface area contributed by atoms with Crippen LogP contribution >= 0.6 is 0 Å². The molecule has 1 heterocycles. The van der Waals surface area contributed by atoms with Crippen LogP contribution in [0.25, 0.3) is 0 Å². The molecule has 0 fully saturated rings. The molecule has 0 saturated carbocycles. The second-order valence-electron chi connectivity index (χ2n) is 6.34. The monoisotopic (exact) mass is 420 g/mol. The van der Waals surface area contributed by atoms with Crippen LogP contribution in [0.2, 0.25) is 0 Å². The average Bonchev–Trinajstić information content (AvgIpc) is 2.68. The summed E-state index contributed by atoms with van der Waals surface area (Å²) >= 11 is 0. The normalized spacial score (nSPS) is 11.1. The molecular formula is C20H16F4N4O2. The Labute approximate surface area is 168 Å². The first-order chi connectivity index (χ1) is 14.1. The summed E-state index contributed by atoms with van der Waals surface area (Å²) in [6, 6.07) is 10.7. The van der Waals surface area contributed by atoms with E-state index in [1.165, 1.54) is 54.2 Å². The van der Waals surface area contributed by atoms with Crippen LogP contribution in [0.5, 0.6) is 0 Å². The second kappa shape index (κ2) is 8.27. The molecule has 1 aromatic heterocycles. The highest BCUT2D eigenvalue weighted by Gasteiger charge is 2.30. The predicted molar refractivity (Wildman–Crippen MR) is 104 cm³/mol. The van der Waals surface area contributed by atoms with Crippen molar-refractivity contribution in [3.8, 4) is 0 Å². The number of hydrogen-bond acceptors (Lipinski definition) is 4. The summed E-state index contributed by atoms with van der Waals surface area (Å²) < 4.78 is 52.6. The maximum Gasteiger partial charge on any atom is 0.416 e. The first-order valence-electron chi connectivity index (χ1n) is 8.60. The molecule has 0 aliphatic carbocycles. The van der Waals surface area contributed by atoms with E-state index < -0.39 is 29.0 Å². The number of carbonyl (C=O) groups is 1. The Morgan fingerprint density at radius 3 is 2.33 bits per heavy atom. The molecule has 3 rings (SSSR count). The van der Waals surface area contributed by atoms with E-state index in [1.54, 1.807) is 0 Å². The number of nitrogens with one attached hydrogen (secondary N) is 3. The van der Waals surface area contributed by atoms with Crippen molar-refractivity contribution in [1.82, 2.24) is 9.99 Å². The summed E-state index contributed by atoms with van der Waals surface area (Å²) in [6.45, 7) is 0. The van der Waals surface area contributed by atoms with E-state index in [0.29, 0.717) is 5.69 Å². The fourth-order valence-electron chi connectivity index (χ4n) is 2.57. The van der Waals surface area contributed by atoms with E-state index in [4.69, 9.17) is 0 Å². The molecule has 0 aliphatic heterocycles. The van der Waals surface area contributed by atoms with Gasteiger partial charge < -0.3 is 9.88 Å². The summed E-state index contributed by atoms with van der Waals surface area (Å²) in [5.41, 5.74) is 4.37. The predicted octanol–water partition coefficient (Wildman–Crippen LogP) is 4.04. The minimum absolute atomic E-state index is 0.0425. The minimum Gasteiger partial charge on any atom is -0.355 e. The van der Waals surface area contributed by atoms with Crippen molar-refractivity contribution in [3.05, 3.63) is 88.1 Å². The Morgan fingerprint density at radius 2 is 1.70 bits per heavy atom. The molecule has 2 aromatic carbocycles. The fraction of sp³-hybridized carbons (Fsp3) is 0.100. The summed E-state index contributed by atoms with van der Waals surface area (Å²) in [7, 11) is 1.45. The molecule has 6 nitrogen and oxygen atoms in total. The number of hydrogen-bond donors (Lipinski definition) is 3. The van der Waals surface area contributed by atoms with Crippen LogP contribution in [-0.2, 0) is 13.2 Å². The summed E-state index contributed by atoms with van der Waals surface area (Å²) in [5, 5.41) is 2.78. The lowest BCUT2D eigenvalue weighted by Gasteiger charge is -2.15. The van der Waals surface area contributed by atoms with Crippen molar-refractivity contribution < 1.29 is 22.4 Å². The maximum atomic E-state index is 13.2. The summed E-state index contributed by atoms with van der Waals surface area (Å²) in [5.74, 6) is -1.15. The molecule has 1 amide bonds. The zero-order chi connectivity index (χ0) is 21.9. The number of pyridine rings is 1. The van der Waals surface area contributed by atoms with Gasteiger partial charge in [0.05, 0.1) is 22.5 Å². The van der Waals surface area contributed by atoms with Crippen LogP contribution in [-0.4, -0.2) is 10.5 Å². The van der Waals surface area contributed by atoms with Crippen LogP contribution in [0.15, 0.2) is 65.6 Å². The number of rotatable bonds is 5. The molecule has 0 atom stereocenters. The smallest absolute Gasteiger partial charge is 0.355 e. The number of hydrazine groups is 1. The molecular weight excluding hydrogens is 404 g/mol. The lowest BCUT2D eigenvalue weighted by Crippen LogP contribution is -2.31. The molecule has 0 radical (unpaired) electrons. The number of halogens is 4. The van der Waals surface area contributed by atoms with Crippen LogP contribution in [0, 0.1) is 5.82 Å². The van der Waals surface area contributed by atoms with Gasteiger partial charge in [0.1, 0.15) is 5.82 Å². The molecule has 10 heteroatoms. The van der Waals surface area contributed by atoms with Crippen LogP contribution in [0.3, 0.4) is 0 Å². The molecule has 0 saturated heterocycles. The Balaban J connectivity index is 1.83. The third-order valence-corrected chi connectivity index (χ3v) is 4.11. The lowest BCUT2D eigenvalue weighted by molar-refractivity contribution is -0.137. The zero-order valence-corrected chi connectivity index (χ0v) is 15.5. The standard InChI is InChI=1S/C20H16F4N4O2/c1-28-11-16(19(30)27-26-15-4-2-3-13(21)9-15)17(10-18(28)29)25-14-7-5-12(6-8-14)20(22,23)24/h2-11,25-26H,1H3,(H,27,30). The van der Waals surface area contributed by atoms with Crippen LogP contribution in [0.4, 0.5) is 34.6 Å². The van der Waals surface area contributed by atoms with E-state index in [2.05, 4.69) is 16.2 Å². The van der Waals surface area contributed by atoms with Gasteiger partial charge in [-0.3, -0.25) is 20.4 Å².